The molecule has 19 heavy (non-hydrogen) atoms. The molecule has 0 amide bonds. The van der Waals surface area contributed by atoms with Crippen molar-refractivity contribution in [2.45, 2.75) is 76.7 Å². The van der Waals surface area contributed by atoms with Crippen LogP contribution in [0.15, 0.2) is 0 Å². The molecular weight excluding hydrogens is 232 g/mol. The van der Waals surface area contributed by atoms with Gasteiger partial charge in [0, 0.05) is 6.04 Å². The molecule has 2 nitrogen and oxygen atoms in total. The zero-order chi connectivity index (χ0) is 12.9. The summed E-state index contributed by atoms with van der Waals surface area (Å²) in [5.41, 5.74) is 3.87. The van der Waals surface area contributed by atoms with Crippen molar-refractivity contribution in [3.05, 3.63) is 0 Å². The molecule has 2 heteroatoms. The number of hydrogen-bond donors (Lipinski definition) is 2. The summed E-state index contributed by atoms with van der Waals surface area (Å²) in [6.07, 6.45) is 16.4. The summed E-state index contributed by atoms with van der Waals surface area (Å²) in [7, 11) is 0. The Balaban J connectivity index is 1.42. The van der Waals surface area contributed by atoms with Crippen LogP contribution >= 0.6 is 0 Å². The van der Waals surface area contributed by atoms with E-state index in [2.05, 4.69) is 5.43 Å². The van der Waals surface area contributed by atoms with Crippen LogP contribution in [-0.2, 0) is 0 Å². The van der Waals surface area contributed by atoms with Gasteiger partial charge in [-0.05, 0) is 80.5 Å². The van der Waals surface area contributed by atoms with Gasteiger partial charge in [-0.1, -0.05) is 19.3 Å². The Labute approximate surface area is 117 Å². The number of nitrogens with two attached hydrogens (primary N) is 1. The van der Waals surface area contributed by atoms with Crippen LogP contribution < -0.4 is 11.3 Å². The minimum Gasteiger partial charge on any atom is -0.271 e. The summed E-state index contributed by atoms with van der Waals surface area (Å²) in [5.74, 6) is 10.1. The van der Waals surface area contributed by atoms with Gasteiger partial charge >= 0.3 is 0 Å². The van der Waals surface area contributed by atoms with Crippen molar-refractivity contribution < 1.29 is 0 Å². The highest BCUT2D eigenvalue weighted by atomic mass is 15.2. The molecule has 0 saturated heterocycles. The molecule has 0 aromatic carbocycles. The maximum Gasteiger partial charge on any atom is 0.0218 e. The van der Waals surface area contributed by atoms with Crippen LogP contribution in [0.25, 0.3) is 0 Å². The van der Waals surface area contributed by atoms with Crippen molar-refractivity contribution in [3.63, 3.8) is 0 Å². The van der Waals surface area contributed by atoms with Gasteiger partial charge in [-0.3, -0.25) is 11.3 Å². The first-order valence-electron chi connectivity index (χ1n) is 8.71. The van der Waals surface area contributed by atoms with E-state index in [1.54, 1.807) is 19.3 Å². The number of hydrazine groups is 1. The summed E-state index contributed by atoms with van der Waals surface area (Å²) in [6.45, 7) is 0. The van der Waals surface area contributed by atoms with Gasteiger partial charge < -0.3 is 0 Å². The molecule has 5 rings (SSSR count). The molecule has 5 fully saturated rings. The second-order valence-electron chi connectivity index (χ2n) is 8.52. The van der Waals surface area contributed by atoms with Gasteiger partial charge in [-0.2, -0.15) is 0 Å². The van der Waals surface area contributed by atoms with Gasteiger partial charge in [0.25, 0.3) is 0 Å². The van der Waals surface area contributed by atoms with E-state index in [1.807, 2.05) is 0 Å². The van der Waals surface area contributed by atoms with Crippen molar-refractivity contribution in [1.82, 2.24) is 5.43 Å². The lowest BCUT2D eigenvalue weighted by Gasteiger charge is -2.58. The van der Waals surface area contributed by atoms with Crippen molar-refractivity contribution in [2.75, 3.05) is 0 Å². The molecule has 3 N–H and O–H groups in total. The zero-order valence-corrected chi connectivity index (χ0v) is 12.2. The third kappa shape index (κ3) is 2.35. The van der Waals surface area contributed by atoms with E-state index in [9.17, 15) is 0 Å². The summed E-state index contributed by atoms with van der Waals surface area (Å²) >= 11 is 0. The van der Waals surface area contributed by atoms with Gasteiger partial charge in [-0.25, -0.2) is 0 Å². The average Bonchev–Trinajstić information content (AvgIpc) is 2.30. The van der Waals surface area contributed by atoms with E-state index in [0.717, 1.165) is 23.7 Å². The molecular formula is C17H30N2. The number of hydrogen-bond acceptors (Lipinski definition) is 2. The first-order chi connectivity index (χ1) is 9.25. The molecule has 0 aromatic rings. The molecule has 108 valence electrons. The van der Waals surface area contributed by atoms with E-state index in [1.165, 1.54) is 51.4 Å². The van der Waals surface area contributed by atoms with Crippen LogP contribution in [0.1, 0.15) is 70.6 Å². The highest BCUT2D eigenvalue weighted by Crippen LogP contribution is 2.61. The van der Waals surface area contributed by atoms with Crippen molar-refractivity contribution in [1.29, 1.82) is 0 Å². The third-order valence-electron chi connectivity index (χ3n) is 6.92. The number of rotatable bonds is 5. The standard InChI is InChI=1S/C17H30N2/c18-19-16(7-12-2-1-3-12)11-17-8-13-4-14(9-17)6-15(5-13)10-17/h12-16,19H,1-11,18H2. The third-order valence-corrected chi connectivity index (χ3v) is 6.92. The molecule has 0 heterocycles. The molecule has 5 saturated carbocycles. The fourth-order valence-corrected chi connectivity index (χ4v) is 6.40. The predicted molar refractivity (Wildman–Crippen MR) is 78.3 cm³/mol. The predicted octanol–water partition coefficient (Wildman–Crippen LogP) is 3.62. The summed E-state index contributed by atoms with van der Waals surface area (Å²) in [5, 5.41) is 0. The van der Waals surface area contributed by atoms with Gasteiger partial charge in [-0.15, -0.1) is 0 Å². The van der Waals surface area contributed by atoms with E-state index >= 15 is 0 Å². The molecule has 1 atom stereocenters. The molecule has 0 aromatic heterocycles. The average molecular weight is 262 g/mol. The van der Waals surface area contributed by atoms with Crippen LogP contribution in [0.4, 0.5) is 0 Å². The molecule has 0 aliphatic heterocycles. The monoisotopic (exact) mass is 262 g/mol. The minimum atomic E-state index is 0.599. The van der Waals surface area contributed by atoms with Crippen LogP contribution in [-0.4, -0.2) is 6.04 Å². The minimum absolute atomic E-state index is 0.599. The summed E-state index contributed by atoms with van der Waals surface area (Å²) < 4.78 is 0. The smallest absolute Gasteiger partial charge is 0.0218 e. The quantitative estimate of drug-likeness (QED) is 0.586. The molecule has 4 bridgehead atoms. The molecule has 0 spiro atoms. The highest BCUT2D eigenvalue weighted by molar-refractivity contribution is 5.02. The van der Waals surface area contributed by atoms with E-state index in [0.29, 0.717) is 11.5 Å². The molecule has 5 aliphatic carbocycles. The maximum atomic E-state index is 5.88. The highest BCUT2D eigenvalue weighted by Gasteiger charge is 2.51. The van der Waals surface area contributed by atoms with Gasteiger partial charge in [0.05, 0.1) is 0 Å². The first-order valence-corrected chi connectivity index (χ1v) is 8.71. The maximum absolute atomic E-state index is 5.88. The van der Waals surface area contributed by atoms with E-state index in [-0.39, 0.29) is 0 Å². The van der Waals surface area contributed by atoms with Gasteiger partial charge in [0.15, 0.2) is 0 Å². The Morgan fingerprint density at radius 3 is 2.00 bits per heavy atom. The van der Waals surface area contributed by atoms with Crippen LogP contribution in [0.5, 0.6) is 0 Å². The van der Waals surface area contributed by atoms with Crippen LogP contribution in [0.2, 0.25) is 0 Å². The normalized spacial score (nSPS) is 46.3. The zero-order valence-electron chi connectivity index (χ0n) is 12.2. The Kier molecular flexibility index (Phi) is 3.15. The van der Waals surface area contributed by atoms with Crippen LogP contribution in [0.3, 0.4) is 0 Å². The first kappa shape index (κ1) is 12.6. The lowest BCUT2D eigenvalue weighted by atomic mass is 9.48. The number of nitrogens with one attached hydrogen (secondary N) is 1. The van der Waals surface area contributed by atoms with Crippen molar-refractivity contribution in [2.24, 2.45) is 34.9 Å². The molecule has 0 radical (unpaired) electrons. The largest absolute Gasteiger partial charge is 0.271 e. The van der Waals surface area contributed by atoms with Gasteiger partial charge in [0.1, 0.15) is 0 Å². The summed E-state index contributed by atoms with van der Waals surface area (Å²) in [4.78, 5) is 0. The Bertz CT molecular complexity index is 299. The fraction of sp³-hybridized carbons (Fsp3) is 1.00. The van der Waals surface area contributed by atoms with Crippen molar-refractivity contribution in [3.8, 4) is 0 Å². The molecule has 5 aliphatic rings. The van der Waals surface area contributed by atoms with Crippen molar-refractivity contribution >= 4 is 0 Å². The Hall–Kier alpha value is -0.0800. The Morgan fingerprint density at radius 1 is 1.00 bits per heavy atom. The second kappa shape index (κ2) is 4.73. The second-order valence-corrected chi connectivity index (χ2v) is 8.52. The topological polar surface area (TPSA) is 38.0 Å². The van der Waals surface area contributed by atoms with E-state index < -0.39 is 0 Å². The SMILES string of the molecule is NNC(CC1CCC1)CC12CC3CC(CC(C3)C1)C2. The van der Waals surface area contributed by atoms with E-state index in [4.69, 9.17) is 5.84 Å². The summed E-state index contributed by atoms with van der Waals surface area (Å²) in [6, 6.07) is 0.599. The fourth-order valence-electron chi connectivity index (χ4n) is 6.40. The van der Waals surface area contributed by atoms with Crippen LogP contribution in [0, 0.1) is 29.1 Å². The molecule has 1 unspecified atom stereocenters. The lowest BCUT2D eigenvalue weighted by molar-refractivity contribution is -0.0635. The Morgan fingerprint density at radius 2 is 1.58 bits per heavy atom. The lowest BCUT2D eigenvalue weighted by Crippen LogP contribution is -2.50. The van der Waals surface area contributed by atoms with Gasteiger partial charge in [0.2, 0.25) is 0 Å².